The Morgan fingerprint density at radius 2 is 2.29 bits per heavy atom. The van der Waals surface area contributed by atoms with E-state index in [1.165, 1.54) is 5.56 Å². The number of amides is 2. The molecule has 2 saturated heterocycles. The first-order valence-corrected chi connectivity index (χ1v) is 8.97. The van der Waals surface area contributed by atoms with E-state index in [1.54, 1.807) is 0 Å². The number of nitrogens with one attached hydrogen (secondary N) is 1. The Bertz CT molecular complexity index is 578. The number of hydrogen-bond acceptors (Lipinski definition) is 4. The first kappa shape index (κ1) is 15.8. The van der Waals surface area contributed by atoms with Gasteiger partial charge in [0.25, 0.3) is 0 Å². The van der Waals surface area contributed by atoms with Crippen LogP contribution in [0.5, 0.6) is 0 Å². The highest BCUT2D eigenvalue weighted by Crippen LogP contribution is 2.34. The van der Waals surface area contributed by atoms with Crippen LogP contribution < -0.4 is 5.32 Å². The highest BCUT2D eigenvalue weighted by molar-refractivity contribution is 5.75. The van der Waals surface area contributed by atoms with Gasteiger partial charge in [-0.15, -0.1) is 0 Å². The SMILES string of the molecule is O=C(NC1CC1)N1CCOCC2(CCN(Cc3cccnc3)C2)C1. The van der Waals surface area contributed by atoms with Crippen LogP contribution in [-0.2, 0) is 11.3 Å². The van der Waals surface area contributed by atoms with Crippen molar-refractivity contribution in [3.8, 4) is 0 Å². The Morgan fingerprint density at radius 1 is 1.38 bits per heavy atom. The molecule has 4 rings (SSSR count). The van der Waals surface area contributed by atoms with Crippen molar-refractivity contribution in [1.29, 1.82) is 0 Å². The number of nitrogens with zero attached hydrogens (tertiary/aromatic N) is 3. The lowest BCUT2D eigenvalue weighted by Gasteiger charge is -2.32. The summed E-state index contributed by atoms with van der Waals surface area (Å²) in [4.78, 5) is 21.1. The standard InChI is InChI=1S/C18H26N4O2/c23-17(20-16-3-4-16)22-8-9-24-14-18(13-22)5-7-21(12-18)11-15-2-1-6-19-10-15/h1-2,6,10,16H,3-5,7-9,11-14H2,(H,20,23). The molecule has 130 valence electrons. The lowest BCUT2D eigenvalue weighted by Crippen LogP contribution is -2.47. The highest BCUT2D eigenvalue weighted by Gasteiger charge is 2.42. The third-order valence-corrected chi connectivity index (χ3v) is 5.28. The summed E-state index contributed by atoms with van der Waals surface area (Å²) in [6.45, 7) is 5.85. The Kier molecular flexibility index (Phi) is 4.41. The highest BCUT2D eigenvalue weighted by atomic mass is 16.5. The van der Waals surface area contributed by atoms with E-state index in [4.69, 9.17) is 4.74 Å². The van der Waals surface area contributed by atoms with Crippen molar-refractivity contribution in [2.75, 3.05) is 39.4 Å². The molecule has 1 aromatic rings. The summed E-state index contributed by atoms with van der Waals surface area (Å²) in [7, 11) is 0. The summed E-state index contributed by atoms with van der Waals surface area (Å²) < 4.78 is 5.87. The summed E-state index contributed by atoms with van der Waals surface area (Å²) in [6, 6.07) is 4.60. The normalized spacial score (nSPS) is 28.1. The summed E-state index contributed by atoms with van der Waals surface area (Å²) in [5.41, 5.74) is 1.31. The average molecular weight is 330 g/mol. The van der Waals surface area contributed by atoms with Gasteiger partial charge in [-0.2, -0.15) is 0 Å². The molecule has 1 aliphatic carbocycles. The van der Waals surface area contributed by atoms with Crippen molar-refractivity contribution in [2.45, 2.75) is 31.8 Å². The van der Waals surface area contributed by atoms with Gasteiger partial charge in [-0.1, -0.05) is 6.07 Å². The fraction of sp³-hybridized carbons (Fsp3) is 0.667. The molecule has 2 aliphatic heterocycles. The van der Waals surface area contributed by atoms with E-state index in [2.05, 4.69) is 21.3 Å². The maximum Gasteiger partial charge on any atom is 0.317 e. The van der Waals surface area contributed by atoms with Crippen LogP contribution in [0.25, 0.3) is 0 Å². The zero-order valence-corrected chi connectivity index (χ0v) is 14.1. The molecule has 6 heteroatoms. The fourth-order valence-electron chi connectivity index (χ4n) is 3.82. The maximum absolute atomic E-state index is 12.5. The number of likely N-dealkylation sites (tertiary alicyclic amines) is 1. The lowest BCUT2D eigenvalue weighted by atomic mass is 9.87. The predicted octanol–water partition coefficient (Wildman–Crippen LogP) is 1.48. The number of pyridine rings is 1. The molecule has 0 bridgehead atoms. The number of ether oxygens (including phenoxy) is 1. The number of carbonyl (C=O) groups is 1. The molecular formula is C18H26N4O2. The van der Waals surface area contributed by atoms with Crippen molar-refractivity contribution < 1.29 is 9.53 Å². The van der Waals surface area contributed by atoms with Gasteiger partial charge >= 0.3 is 6.03 Å². The molecule has 2 amide bonds. The first-order chi connectivity index (χ1) is 11.7. The van der Waals surface area contributed by atoms with Crippen LogP contribution in [0.15, 0.2) is 24.5 Å². The van der Waals surface area contributed by atoms with Crippen LogP contribution in [-0.4, -0.2) is 66.2 Å². The maximum atomic E-state index is 12.5. The predicted molar refractivity (Wildman–Crippen MR) is 90.5 cm³/mol. The topological polar surface area (TPSA) is 57.7 Å². The van der Waals surface area contributed by atoms with Crippen LogP contribution in [0.2, 0.25) is 0 Å². The van der Waals surface area contributed by atoms with Gasteiger partial charge in [0.1, 0.15) is 0 Å². The van der Waals surface area contributed by atoms with Crippen LogP contribution in [0.3, 0.4) is 0 Å². The van der Waals surface area contributed by atoms with Gasteiger partial charge < -0.3 is 15.0 Å². The molecule has 3 heterocycles. The Hall–Kier alpha value is -1.66. The first-order valence-electron chi connectivity index (χ1n) is 8.97. The van der Waals surface area contributed by atoms with Gasteiger partial charge in [0.2, 0.25) is 0 Å². The molecule has 3 fully saturated rings. The number of carbonyl (C=O) groups excluding carboxylic acids is 1. The van der Waals surface area contributed by atoms with Gasteiger partial charge in [0, 0.05) is 50.0 Å². The van der Waals surface area contributed by atoms with E-state index in [-0.39, 0.29) is 11.4 Å². The van der Waals surface area contributed by atoms with Crippen LogP contribution in [0.1, 0.15) is 24.8 Å². The number of urea groups is 1. The second-order valence-electron chi connectivity index (χ2n) is 7.52. The van der Waals surface area contributed by atoms with Crippen LogP contribution in [0, 0.1) is 5.41 Å². The largest absolute Gasteiger partial charge is 0.379 e. The van der Waals surface area contributed by atoms with Gasteiger partial charge in [-0.05, 0) is 37.4 Å². The van der Waals surface area contributed by atoms with E-state index in [0.717, 1.165) is 52.0 Å². The van der Waals surface area contributed by atoms with Crippen LogP contribution in [0.4, 0.5) is 4.79 Å². The van der Waals surface area contributed by atoms with Gasteiger partial charge in [0.15, 0.2) is 0 Å². The van der Waals surface area contributed by atoms with Crippen LogP contribution >= 0.6 is 0 Å². The minimum absolute atomic E-state index is 0.0690. The zero-order chi connectivity index (χ0) is 16.4. The molecular weight excluding hydrogens is 304 g/mol. The average Bonchev–Trinajstić information content (AvgIpc) is 3.34. The third-order valence-electron chi connectivity index (χ3n) is 5.28. The minimum Gasteiger partial charge on any atom is -0.379 e. The second-order valence-corrected chi connectivity index (χ2v) is 7.52. The van der Waals surface area contributed by atoms with Crippen molar-refractivity contribution in [3.63, 3.8) is 0 Å². The lowest BCUT2D eigenvalue weighted by molar-refractivity contribution is 0.0714. The summed E-state index contributed by atoms with van der Waals surface area (Å²) in [5.74, 6) is 0. The minimum atomic E-state index is 0.0690. The van der Waals surface area contributed by atoms with E-state index < -0.39 is 0 Å². The third kappa shape index (κ3) is 3.70. The van der Waals surface area contributed by atoms with E-state index in [9.17, 15) is 4.79 Å². The molecule has 1 saturated carbocycles. The monoisotopic (exact) mass is 330 g/mol. The quantitative estimate of drug-likeness (QED) is 0.912. The Balaban J connectivity index is 1.39. The van der Waals surface area contributed by atoms with Crippen molar-refractivity contribution in [2.24, 2.45) is 5.41 Å². The number of hydrogen-bond donors (Lipinski definition) is 1. The molecule has 1 N–H and O–H groups in total. The molecule has 1 spiro atoms. The molecule has 0 radical (unpaired) electrons. The summed E-state index contributed by atoms with van der Waals surface area (Å²) in [5, 5.41) is 3.12. The zero-order valence-electron chi connectivity index (χ0n) is 14.1. The summed E-state index contributed by atoms with van der Waals surface area (Å²) >= 11 is 0. The molecule has 1 aromatic heterocycles. The second kappa shape index (κ2) is 6.69. The van der Waals surface area contributed by atoms with Crippen molar-refractivity contribution in [3.05, 3.63) is 30.1 Å². The number of aromatic nitrogens is 1. The van der Waals surface area contributed by atoms with Gasteiger partial charge in [0.05, 0.1) is 13.2 Å². The molecule has 24 heavy (non-hydrogen) atoms. The smallest absolute Gasteiger partial charge is 0.317 e. The molecule has 6 nitrogen and oxygen atoms in total. The Morgan fingerprint density at radius 3 is 3.08 bits per heavy atom. The Labute approximate surface area is 143 Å². The molecule has 1 atom stereocenters. The molecule has 3 aliphatic rings. The van der Waals surface area contributed by atoms with E-state index >= 15 is 0 Å². The number of rotatable bonds is 3. The fourth-order valence-corrected chi connectivity index (χ4v) is 3.82. The molecule has 1 unspecified atom stereocenters. The van der Waals surface area contributed by atoms with Crippen molar-refractivity contribution >= 4 is 6.03 Å². The van der Waals surface area contributed by atoms with Gasteiger partial charge in [-0.25, -0.2) is 4.79 Å². The molecule has 0 aromatic carbocycles. The van der Waals surface area contributed by atoms with Crippen molar-refractivity contribution in [1.82, 2.24) is 20.1 Å². The van der Waals surface area contributed by atoms with E-state index in [1.807, 2.05) is 23.4 Å². The van der Waals surface area contributed by atoms with E-state index in [0.29, 0.717) is 19.2 Å². The van der Waals surface area contributed by atoms with Gasteiger partial charge in [-0.3, -0.25) is 9.88 Å². The summed E-state index contributed by atoms with van der Waals surface area (Å²) in [6.07, 6.45) is 7.08.